The van der Waals surface area contributed by atoms with Crippen molar-refractivity contribution >= 4 is 21.1 Å². The molecule has 11 heteroatoms. The predicted molar refractivity (Wildman–Crippen MR) is 118 cm³/mol. The van der Waals surface area contributed by atoms with Crippen LogP contribution in [-0.4, -0.2) is 57.1 Å². The monoisotopic (exact) mass is 471 g/mol. The van der Waals surface area contributed by atoms with E-state index in [9.17, 15) is 13.9 Å². The summed E-state index contributed by atoms with van der Waals surface area (Å²) in [6, 6.07) is 0. The van der Waals surface area contributed by atoms with Gasteiger partial charge in [0.2, 0.25) is 5.91 Å². The Morgan fingerprint density at radius 1 is 0.867 bits per heavy atom. The van der Waals surface area contributed by atoms with E-state index < -0.39 is 15.2 Å². The Bertz CT molecular complexity index is 557. The molecule has 0 radical (unpaired) electrons. The fourth-order valence-electron chi connectivity index (χ4n) is 2.87. The van der Waals surface area contributed by atoms with Gasteiger partial charge in [-0.3, -0.25) is 13.9 Å². The Kier molecular flexibility index (Phi) is 15.9. The van der Waals surface area contributed by atoms with Gasteiger partial charge in [0.05, 0.1) is 6.10 Å². The summed E-state index contributed by atoms with van der Waals surface area (Å²) in [7, 11) is -7.96. The van der Waals surface area contributed by atoms with Gasteiger partial charge in [0.25, 0.3) is 0 Å². The van der Waals surface area contributed by atoms with Crippen LogP contribution in [0.1, 0.15) is 71.1 Å². The Morgan fingerprint density at radius 3 is 1.83 bits per heavy atom. The summed E-state index contributed by atoms with van der Waals surface area (Å²) in [5.74, 6) is -0.126. The molecule has 0 saturated heterocycles. The van der Waals surface area contributed by atoms with Crippen molar-refractivity contribution in [3.8, 4) is 0 Å². The van der Waals surface area contributed by atoms with Crippen molar-refractivity contribution in [1.82, 2.24) is 5.32 Å². The molecule has 0 heterocycles. The lowest BCUT2D eigenvalue weighted by molar-refractivity contribution is -0.117. The van der Waals surface area contributed by atoms with E-state index in [2.05, 4.69) is 11.9 Å². The lowest BCUT2D eigenvalue weighted by atomic mass is 10.1. The van der Waals surface area contributed by atoms with Crippen molar-refractivity contribution in [3.63, 3.8) is 0 Å². The van der Waals surface area contributed by atoms with E-state index in [1.54, 1.807) is 6.92 Å². The van der Waals surface area contributed by atoms with E-state index in [1.165, 1.54) is 0 Å². The lowest BCUT2D eigenvalue weighted by Crippen LogP contribution is -2.24. The highest BCUT2D eigenvalue weighted by Gasteiger charge is 2.16. The minimum absolute atomic E-state index is 0.0756. The molecule has 0 spiro atoms. The number of hydrogen-bond donors (Lipinski definition) is 5. The van der Waals surface area contributed by atoms with Gasteiger partial charge in [0, 0.05) is 31.0 Å². The molecule has 0 bridgehead atoms. The van der Waals surface area contributed by atoms with E-state index in [1.807, 2.05) is 0 Å². The van der Waals surface area contributed by atoms with Crippen molar-refractivity contribution in [2.24, 2.45) is 0 Å². The molecule has 0 atom stereocenters. The largest absolute Gasteiger partial charge is 0.378 e. The van der Waals surface area contributed by atoms with Crippen LogP contribution in [-0.2, 0) is 18.7 Å². The molecule has 0 aliphatic rings. The molecule has 178 valence electrons. The number of carbonyl (C=O) groups is 1. The quantitative estimate of drug-likeness (QED) is 0.109. The van der Waals surface area contributed by atoms with Crippen molar-refractivity contribution in [2.45, 2.75) is 77.2 Å². The summed E-state index contributed by atoms with van der Waals surface area (Å²) in [6.07, 6.45) is 6.78. The Labute approximate surface area is 180 Å². The highest BCUT2D eigenvalue weighted by Crippen LogP contribution is 2.36. The van der Waals surface area contributed by atoms with Crippen LogP contribution in [0.3, 0.4) is 0 Å². The Hall–Kier alpha value is -0.530. The molecular formula is C19H39NO8P2. The highest BCUT2D eigenvalue weighted by molar-refractivity contribution is 7.52. The molecule has 30 heavy (non-hydrogen) atoms. The third kappa shape index (κ3) is 20.7. The molecule has 0 aromatic carbocycles. The zero-order chi connectivity index (χ0) is 23.0. The number of nitrogens with one attached hydrogen (secondary N) is 1. The molecule has 5 N–H and O–H groups in total. The first kappa shape index (κ1) is 29.5. The summed E-state index contributed by atoms with van der Waals surface area (Å²) in [5, 5.41) is 2.79. The van der Waals surface area contributed by atoms with E-state index in [0.29, 0.717) is 57.2 Å². The maximum Gasteiger partial charge on any atom is 0.325 e. The van der Waals surface area contributed by atoms with Crippen molar-refractivity contribution in [3.05, 3.63) is 12.2 Å². The summed E-state index contributed by atoms with van der Waals surface area (Å²) < 4.78 is 27.8. The van der Waals surface area contributed by atoms with Crippen LogP contribution in [0, 0.1) is 0 Å². The predicted octanol–water partition coefficient (Wildman–Crippen LogP) is 3.32. The topological polar surface area (TPSA) is 153 Å². The molecule has 0 saturated carbocycles. The maximum absolute atomic E-state index is 11.4. The van der Waals surface area contributed by atoms with Crippen molar-refractivity contribution in [1.29, 1.82) is 0 Å². The van der Waals surface area contributed by atoms with Gasteiger partial charge in [-0.05, 0) is 45.4 Å². The fourth-order valence-corrected chi connectivity index (χ4v) is 4.15. The van der Waals surface area contributed by atoms with Crippen LogP contribution < -0.4 is 5.32 Å². The Balaban J connectivity index is 4.04. The van der Waals surface area contributed by atoms with Crippen molar-refractivity contribution < 1.29 is 38.2 Å². The summed E-state index contributed by atoms with van der Waals surface area (Å²) >= 11 is 0. The van der Waals surface area contributed by atoms with E-state index in [4.69, 9.17) is 24.3 Å². The van der Waals surface area contributed by atoms with Gasteiger partial charge in [-0.2, -0.15) is 0 Å². The molecule has 0 aromatic heterocycles. The Morgan fingerprint density at radius 2 is 1.37 bits per heavy atom. The number of unbranched alkanes of at least 4 members (excludes halogenated alkanes) is 5. The van der Waals surface area contributed by atoms with Crippen LogP contribution in [0.5, 0.6) is 0 Å². The molecule has 0 aliphatic heterocycles. The molecule has 0 aliphatic carbocycles. The second-order valence-corrected chi connectivity index (χ2v) is 11.3. The van der Waals surface area contributed by atoms with Crippen LogP contribution in [0.15, 0.2) is 12.2 Å². The molecule has 0 rings (SSSR count). The van der Waals surface area contributed by atoms with Crippen LogP contribution in [0.4, 0.5) is 0 Å². The van der Waals surface area contributed by atoms with Gasteiger partial charge >= 0.3 is 15.2 Å². The first-order valence-electron chi connectivity index (χ1n) is 10.5. The van der Waals surface area contributed by atoms with Gasteiger partial charge in [-0.25, -0.2) is 0 Å². The average Bonchev–Trinajstić information content (AvgIpc) is 2.61. The number of carbonyl (C=O) groups excluding carboxylic acids is 1. The van der Waals surface area contributed by atoms with Gasteiger partial charge < -0.3 is 29.6 Å². The average molecular weight is 471 g/mol. The van der Waals surface area contributed by atoms with Crippen LogP contribution in [0.2, 0.25) is 0 Å². The summed E-state index contributed by atoms with van der Waals surface area (Å²) in [4.78, 5) is 47.1. The van der Waals surface area contributed by atoms with E-state index >= 15 is 0 Å². The fraction of sp³-hybridized carbons (Fsp3) is 0.842. The third-order valence-corrected chi connectivity index (χ3v) is 6.35. The SMILES string of the molecule is C=C(C)C(=O)NCCCCCCOC(CCCCP(=O)(O)O)CCCCP(=O)(O)O. The zero-order valence-electron chi connectivity index (χ0n) is 18.0. The van der Waals surface area contributed by atoms with E-state index in [0.717, 1.165) is 25.7 Å². The molecule has 0 fully saturated rings. The van der Waals surface area contributed by atoms with Gasteiger partial charge in [0.1, 0.15) is 0 Å². The molecule has 9 nitrogen and oxygen atoms in total. The van der Waals surface area contributed by atoms with Gasteiger partial charge in [-0.15, -0.1) is 0 Å². The highest BCUT2D eigenvalue weighted by atomic mass is 31.2. The van der Waals surface area contributed by atoms with Gasteiger partial charge in [-0.1, -0.05) is 32.3 Å². The van der Waals surface area contributed by atoms with Crippen LogP contribution >= 0.6 is 15.2 Å². The molecule has 0 unspecified atom stereocenters. The first-order valence-corrected chi connectivity index (χ1v) is 14.1. The number of rotatable bonds is 19. The minimum Gasteiger partial charge on any atom is -0.378 e. The maximum atomic E-state index is 11.4. The molecular weight excluding hydrogens is 432 g/mol. The molecule has 0 aromatic rings. The summed E-state index contributed by atoms with van der Waals surface area (Å²) in [6.45, 7) is 6.44. The number of amides is 1. The lowest BCUT2D eigenvalue weighted by Gasteiger charge is -2.18. The second kappa shape index (κ2) is 16.2. The standard InChI is InChI=1S/C19H39NO8P2/c1-17(2)19(21)20-13-7-3-4-8-14-28-18(11-5-9-15-29(22,23)24)12-6-10-16-30(25,26)27/h18H,1,3-16H2,2H3,(H,20,21)(H2,22,23,24)(H2,25,26,27). The van der Waals surface area contributed by atoms with Crippen LogP contribution in [0.25, 0.3) is 0 Å². The zero-order valence-corrected chi connectivity index (χ0v) is 19.8. The summed E-state index contributed by atoms with van der Waals surface area (Å²) in [5.41, 5.74) is 0.496. The normalized spacial score (nSPS) is 12.3. The van der Waals surface area contributed by atoms with Gasteiger partial charge in [0.15, 0.2) is 0 Å². The third-order valence-electron chi connectivity index (χ3n) is 4.55. The molecule has 1 amide bonds. The second-order valence-electron chi connectivity index (χ2n) is 7.71. The number of hydrogen-bond acceptors (Lipinski definition) is 4. The number of ether oxygens (including phenoxy) is 1. The minimum atomic E-state index is -3.98. The van der Waals surface area contributed by atoms with E-state index in [-0.39, 0.29) is 24.3 Å². The first-order chi connectivity index (χ1) is 13.9. The smallest absolute Gasteiger partial charge is 0.325 e. The van der Waals surface area contributed by atoms with Crippen molar-refractivity contribution in [2.75, 3.05) is 25.5 Å².